The van der Waals surface area contributed by atoms with Gasteiger partial charge in [0.05, 0.1) is 28.4 Å². The maximum absolute atomic E-state index is 10.8. The number of nitro groups is 1. The average Bonchev–Trinajstić information content (AvgIpc) is 2.69. The Kier molecular flexibility index (Phi) is 3.52. The van der Waals surface area contributed by atoms with E-state index in [0.29, 0.717) is 5.56 Å². The van der Waals surface area contributed by atoms with Crippen LogP contribution in [0, 0.1) is 21.4 Å². The van der Waals surface area contributed by atoms with Gasteiger partial charge in [0.15, 0.2) is 0 Å². The van der Waals surface area contributed by atoms with Gasteiger partial charge in [0.2, 0.25) is 0 Å². The number of nitrogens with zero attached hydrogens (tertiary/aromatic N) is 3. The molecule has 1 aromatic rings. The first kappa shape index (κ1) is 13.8. The van der Waals surface area contributed by atoms with Gasteiger partial charge >= 0.3 is 0 Å². The summed E-state index contributed by atoms with van der Waals surface area (Å²) in [4.78, 5) is 12.5. The summed E-state index contributed by atoms with van der Waals surface area (Å²) < 4.78 is 5.75. The molecule has 1 aromatic carbocycles. The van der Waals surface area contributed by atoms with Crippen LogP contribution in [0.1, 0.15) is 31.2 Å². The van der Waals surface area contributed by atoms with Crippen molar-refractivity contribution in [2.24, 2.45) is 0 Å². The highest BCUT2D eigenvalue weighted by molar-refractivity contribution is 5.63. The fourth-order valence-corrected chi connectivity index (χ4v) is 3.20. The lowest BCUT2D eigenvalue weighted by molar-refractivity contribution is -0.384. The summed E-state index contributed by atoms with van der Waals surface area (Å²) in [5.74, 6) is 0. The van der Waals surface area contributed by atoms with Gasteiger partial charge in [0.1, 0.15) is 6.07 Å². The second-order valence-corrected chi connectivity index (χ2v) is 5.69. The van der Waals surface area contributed by atoms with Crippen molar-refractivity contribution in [1.29, 1.82) is 5.26 Å². The molecule has 3 rings (SSSR count). The average molecular weight is 287 g/mol. The van der Waals surface area contributed by atoms with Gasteiger partial charge in [0, 0.05) is 25.2 Å². The summed E-state index contributed by atoms with van der Waals surface area (Å²) in [6.45, 7) is 2.53. The predicted molar refractivity (Wildman–Crippen MR) is 77.2 cm³/mol. The fraction of sp³-hybridized carbons (Fsp3) is 0.533. The van der Waals surface area contributed by atoms with Crippen LogP contribution < -0.4 is 4.90 Å². The third-order valence-corrected chi connectivity index (χ3v) is 4.52. The van der Waals surface area contributed by atoms with E-state index < -0.39 is 4.92 Å². The summed E-state index contributed by atoms with van der Waals surface area (Å²) in [5, 5.41) is 20.1. The van der Waals surface area contributed by atoms with Crippen molar-refractivity contribution >= 4 is 11.4 Å². The Morgan fingerprint density at radius 3 is 2.76 bits per heavy atom. The summed E-state index contributed by atoms with van der Waals surface area (Å²) in [7, 11) is 0. The van der Waals surface area contributed by atoms with E-state index in [4.69, 9.17) is 4.74 Å². The van der Waals surface area contributed by atoms with Crippen LogP contribution in [-0.2, 0) is 4.74 Å². The van der Waals surface area contributed by atoms with E-state index in [0.717, 1.165) is 51.1 Å². The standard InChI is InChI=1S/C15H17N3O3/c16-11-12-10-13(18(19)20)2-3-14(12)17-7-1-4-15(5-8-17)6-9-21-15/h2-3,10H,1,4-9H2. The Hall–Kier alpha value is -2.13. The van der Waals surface area contributed by atoms with Gasteiger partial charge in [0.25, 0.3) is 5.69 Å². The van der Waals surface area contributed by atoms with Gasteiger partial charge in [-0.15, -0.1) is 0 Å². The molecule has 2 saturated heterocycles. The molecule has 1 spiro atoms. The molecule has 6 heteroatoms. The molecule has 1 atom stereocenters. The maximum atomic E-state index is 10.8. The third-order valence-electron chi connectivity index (χ3n) is 4.52. The Morgan fingerprint density at radius 1 is 1.33 bits per heavy atom. The van der Waals surface area contributed by atoms with E-state index in [-0.39, 0.29) is 11.3 Å². The number of rotatable bonds is 2. The Bertz CT molecular complexity index is 605. The first-order valence-corrected chi connectivity index (χ1v) is 7.21. The van der Waals surface area contributed by atoms with Crippen LogP contribution in [0.3, 0.4) is 0 Å². The zero-order valence-corrected chi connectivity index (χ0v) is 11.7. The van der Waals surface area contributed by atoms with Gasteiger partial charge < -0.3 is 9.64 Å². The predicted octanol–water partition coefficient (Wildman–Crippen LogP) is 2.62. The smallest absolute Gasteiger partial charge is 0.270 e. The number of hydrogen-bond acceptors (Lipinski definition) is 5. The maximum Gasteiger partial charge on any atom is 0.270 e. The van der Waals surface area contributed by atoms with Crippen LogP contribution in [0.5, 0.6) is 0 Å². The molecular weight excluding hydrogens is 270 g/mol. The van der Waals surface area contributed by atoms with Gasteiger partial charge in [-0.3, -0.25) is 10.1 Å². The monoisotopic (exact) mass is 287 g/mol. The lowest BCUT2D eigenvalue weighted by Crippen LogP contribution is -2.44. The van der Waals surface area contributed by atoms with E-state index in [2.05, 4.69) is 11.0 Å². The summed E-state index contributed by atoms with van der Waals surface area (Å²) in [5.41, 5.74) is 1.17. The van der Waals surface area contributed by atoms with Crippen molar-refractivity contribution in [3.05, 3.63) is 33.9 Å². The second-order valence-electron chi connectivity index (χ2n) is 5.69. The number of nitro benzene ring substituents is 1. The van der Waals surface area contributed by atoms with E-state index in [9.17, 15) is 15.4 Å². The Labute approximate surface area is 123 Å². The minimum atomic E-state index is -0.468. The van der Waals surface area contributed by atoms with E-state index >= 15 is 0 Å². The lowest BCUT2D eigenvalue weighted by Gasteiger charge is -2.41. The van der Waals surface area contributed by atoms with Gasteiger partial charge in [-0.25, -0.2) is 0 Å². The number of non-ortho nitro benzene ring substituents is 1. The minimum Gasteiger partial charge on any atom is -0.375 e. The summed E-state index contributed by atoms with van der Waals surface area (Å²) in [6.07, 6.45) is 4.14. The topological polar surface area (TPSA) is 79.4 Å². The normalized spacial score (nSPS) is 25.0. The molecule has 0 bridgehead atoms. The second kappa shape index (κ2) is 5.34. The van der Waals surface area contributed by atoms with Crippen LogP contribution in [0.2, 0.25) is 0 Å². The van der Waals surface area contributed by atoms with Gasteiger partial charge in [-0.2, -0.15) is 5.26 Å². The highest BCUT2D eigenvalue weighted by atomic mass is 16.6. The molecule has 2 heterocycles. The van der Waals surface area contributed by atoms with E-state index in [1.165, 1.54) is 12.1 Å². The molecule has 2 aliphatic rings. The first-order chi connectivity index (χ1) is 10.1. The number of nitriles is 1. The Morgan fingerprint density at radius 2 is 2.14 bits per heavy atom. The number of hydrogen-bond donors (Lipinski definition) is 0. The number of ether oxygens (including phenoxy) is 1. The molecule has 6 nitrogen and oxygen atoms in total. The Balaban J connectivity index is 1.83. The van der Waals surface area contributed by atoms with E-state index in [1.54, 1.807) is 6.07 Å². The molecule has 0 amide bonds. The molecule has 0 aliphatic carbocycles. The number of anilines is 1. The molecule has 0 radical (unpaired) electrons. The summed E-state index contributed by atoms with van der Waals surface area (Å²) >= 11 is 0. The fourth-order valence-electron chi connectivity index (χ4n) is 3.20. The molecule has 1 unspecified atom stereocenters. The zero-order chi connectivity index (χ0) is 14.9. The van der Waals surface area contributed by atoms with Gasteiger partial charge in [-0.05, 0) is 31.7 Å². The minimum absolute atomic E-state index is 0.0380. The van der Waals surface area contributed by atoms with Crippen molar-refractivity contribution in [2.75, 3.05) is 24.6 Å². The van der Waals surface area contributed by atoms with Crippen molar-refractivity contribution in [3.63, 3.8) is 0 Å². The van der Waals surface area contributed by atoms with E-state index in [1.807, 2.05) is 0 Å². The third kappa shape index (κ3) is 2.57. The quantitative estimate of drug-likeness (QED) is 0.617. The molecule has 0 aromatic heterocycles. The molecule has 21 heavy (non-hydrogen) atoms. The van der Waals surface area contributed by atoms with Gasteiger partial charge in [-0.1, -0.05) is 0 Å². The highest BCUT2D eigenvalue weighted by Crippen LogP contribution is 2.38. The molecule has 0 N–H and O–H groups in total. The molecular formula is C15H17N3O3. The van der Waals surface area contributed by atoms with Crippen LogP contribution in [0.15, 0.2) is 18.2 Å². The largest absolute Gasteiger partial charge is 0.375 e. The molecule has 2 aliphatic heterocycles. The molecule has 2 fully saturated rings. The van der Waals surface area contributed by atoms with Crippen LogP contribution in [0.25, 0.3) is 0 Å². The van der Waals surface area contributed by atoms with Crippen LogP contribution in [0.4, 0.5) is 11.4 Å². The molecule has 110 valence electrons. The highest BCUT2D eigenvalue weighted by Gasteiger charge is 2.39. The first-order valence-electron chi connectivity index (χ1n) is 7.21. The lowest BCUT2D eigenvalue weighted by atomic mass is 9.87. The van der Waals surface area contributed by atoms with Crippen molar-refractivity contribution in [1.82, 2.24) is 0 Å². The zero-order valence-electron chi connectivity index (χ0n) is 11.7. The summed E-state index contributed by atoms with van der Waals surface area (Å²) in [6, 6.07) is 6.60. The van der Waals surface area contributed by atoms with Crippen LogP contribution in [-0.4, -0.2) is 30.2 Å². The van der Waals surface area contributed by atoms with Crippen molar-refractivity contribution in [2.45, 2.75) is 31.3 Å². The van der Waals surface area contributed by atoms with Crippen LogP contribution >= 0.6 is 0 Å². The van der Waals surface area contributed by atoms with Crippen molar-refractivity contribution < 1.29 is 9.66 Å². The number of benzene rings is 1. The van der Waals surface area contributed by atoms with Crippen molar-refractivity contribution in [3.8, 4) is 6.07 Å². The SMILES string of the molecule is N#Cc1cc([N+](=O)[O-])ccc1N1CCCC2(CCO2)CC1. The molecule has 0 saturated carbocycles.